The Balaban J connectivity index is 1.16. The van der Waals surface area contributed by atoms with Crippen LogP contribution in [0.25, 0.3) is 5.65 Å². The van der Waals surface area contributed by atoms with Gasteiger partial charge in [0.2, 0.25) is 5.91 Å². The number of anilines is 1. The number of rotatable bonds is 6. The molecule has 0 radical (unpaired) electrons. The van der Waals surface area contributed by atoms with Crippen LogP contribution in [0.15, 0.2) is 12.1 Å². The molecule has 2 aromatic rings. The van der Waals surface area contributed by atoms with Crippen molar-refractivity contribution in [3.05, 3.63) is 18.0 Å². The van der Waals surface area contributed by atoms with Crippen molar-refractivity contribution in [2.24, 2.45) is 0 Å². The van der Waals surface area contributed by atoms with Gasteiger partial charge < -0.3 is 14.5 Å². The lowest BCUT2D eigenvalue weighted by Crippen LogP contribution is -2.59. The zero-order valence-corrected chi connectivity index (χ0v) is 16.3. The van der Waals surface area contributed by atoms with E-state index in [-0.39, 0.29) is 5.91 Å². The molecule has 2 aliphatic heterocycles. The highest BCUT2D eigenvalue weighted by Crippen LogP contribution is 2.38. The lowest BCUT2D eigenvalue weighted by Gasteiger charge is -2.45. The number of aromatic nitrogens is 4. The molecule has 9 heteroatoms. The monoisotopic (exact) mass is 385 g/mol. The van der Waals surface area contributed by atoms with Crippen LogP contribution in [0.4, 0.5) is 5.82 Å². The lowest BCUT2D eigenvalue weighted by molar-refractivity contribution is -0.130. The van der Waals surface area contributed by atoms with Crippen LogP contribution in [-0.4, -0.2) is 94.5 Å². The average Bonchev–Trinajstić information content (AvgIpc) is 3.44. The Labute approximate surface area is 164 Å². The van der Waals surface area contributed by atoms with Crippen LogP contribution < -0.4 is 4.90 Å². The molecule has 0 N–H and O–H groups in total. The predicted molar refractivity (Wildman–Crippen MR) is 103 cm³/mol. The fourth-order valence-electron chi connectivity index (χ4n) is 3.90. The smallest absolute Gasteiger partial charge is 0.225 e. The van der Waals surface area contributed by atoms with E-state index in [0.29, 0.717) is 38.1 Å². The van der Waals surface area contributed by atoms with Gasteiger partial charge in [-0.2, -0.15) is 4.52 Å². The van der Waals surface area contributed by atoms with E-state index >= 15 is 0 Å². The largest absolute Gasteiger partial charge is 0.379 e. The van der Waals surface area contributed by atoms with Crippen molar-refractivity contribution in [3.8, 4) is 0 Å². The van der Waals surface area contributed by atoms with E-state index in [9.17, 15) is 4.79 Å². The highest BCUT2D eigenvalue weighted by Gasteiger charge is 2.33. The summed E-state index contributed by atoms with van der Waals surface area (Å²) in [4.78, 5) is 18.7. The van der Waals surface area contributed by atoms with Gasteiger partial charge in [0.1, 0.15) is 5.82 Å². The van der Waals surface area contributed by atoms with Crippen LogP contribution in [0.3, 0.4) is 0 Å². The van der Waals surface area contributed by atoms with Gasteiger partial charge in [-0.25, -0.2) is 0 Å². The highest BCUT2D eigenvalue weighted by atomic mass is 16.5. The second kappa shape index (κ2) is 7.29. The van der Waals surface area contributed by atoms with Gasteiger partial charge in [-0.05, 0) is 32.0 Å². The molecule has 150 valence electrons. The SMILES string of the molecule is CN(CCN1CCOCCC1=O)C1CN(c2ccc3nnc(C4CC4)n3n2)C1. The van der Waals surface area contributed by atoms with Gasteiger partial charge in [0.25, 0.3) is 0 Å². The van der Waals surface area contributed by atoms with Gasteiger partial charge in [0.05, 0.1) is 19.6 Å². The summed E-state index contributed by atoms with van der Waals surface area (Å²) in [6.45, 7) is 5.45. The minimum absolute atomic E-state index is 0.207. The molecular weight excluding hydrogens is 358 g/mol. The quantitative estimate of drug-likeness (QED) is 0.711. The van der Waals surface area contributed by atoms with Gasteiger partial charge in [0.15, 0.2) is 11.5 Å². The molecule has 28 heavy (non-hydrogen) atoms. The number of hydrogen-bond acceptors (Lipinski definition) is 7. The van der Waals surface area contributed by atoms with Crippen LogP contribution in [-0.2, 0) is 9.53 Å². The molecule has 0 aromatic carbocycles. The van der Waals surface area contributed by atoms with Crippen molar-refractivity contribution in [1.82, 2.24) is 29.6 Å². The van der Waals surface area contributed by atoms with Crippen molar-refractivity contribution >= 4 is 17.4 Å². The van der Waals surface area contributed by atoms with E-state index in [1.54, 1.807) is 0 Å². The molecule has 2 saturated heterocycles. The number of amides is 1. The van der Waals surface area contributed by atoms with E-state index in [4.69, 9.17) is 9.84 Å². The van der Waals surface area contributed by atoms with Gasteiger partial charge in [-0.3, -0.25) is 9.69 Å². The normalized spacial score (nSPS) is 21.4. The Kier molecular flexibility index (Phi) is 4.64. The van der Waals surface area contributed by atoms with Crippen LogP contribution in [0.1, 0.15) is 31.0 Å². The van der Waals surface area contributed by atoms with Crippen LogP contribution in [0.2, 0.25) is 0 Å². The summed E-state index contributed by atoms with van der Waals surface area (Å²) in [7, 11) is 2.14. The summed E-state index contributed by atoms with van der Waals surface area (Å²) < 4.78 is 7.31. The first-order valence-corrected chi connectivity index (χ1v) is 10.2. The van der Waals surface area contributed by atoms with E-state index in [1.807, 2.05) is 21.5 Å². The standard InChI is InChI=1S/C19H27N7O2/c1-23(7-8-24-9-11-28-10-6-18(24)27)15-12-25(13-15)17-5-4-16-20-21-19(14-2-3-14)26(16)22-17/h4-5,14-15H,2-3,6-13H2,1H3. The molecule has 1 saturated carbocycles. The van der Waals surface area contributed by atoms with E-state index in [2.05, 4.69) is 27.0 Å². The maximum atomic E-state index is 12.1. The zero-order chi connectivity index (χ0) is 19.1. The number of ether oxygens (including phenoxy) is 1. The Morgan fingerprint density at radius 1 is 1.21 bits per heavy atom. The second-order valence-electron chi connectivity index (χ2n) is 8.08. The van der Waals surface area contributed by atoms with Crippen molar-refractivity contribution < 1.29 is 9.53 Å². The van der Waals surface area contributed by atoms with E-state index < -0.39 is 0 Å². The molecule has 0 spiro atoms. The minimum atomic E-state index is 0.207. The molecule has 4 heterocycles. The fourth-order valence-corrected chi connectivity index (χ4v) is 3.90. The number of carbonyl (C=O) groups excluding carboxylic acids is 1. The van der Waals surface area contributed by atoms with Crippen molar-refractivity contribution in [1.29, 1.82) is 0 Å². The minimum Gasteiger partial charge on any atom is -0.379 e. The summed E-state index contributed by atoms with van der Waals surface area (Å²) in [5.74, 6) is 2.72. The van der Waals surface area contributed by atoms with Gasteiger partial charge >= 0.3 is 0 Å². The van der Waals surface area contributed by atoms with E-state index in [0.717, 1.165) is 43.5 Å². The predicted octanol–water partition coefficient (Wildman–Crippen LogP) is 0.371. The summed E-state index contributed by atoms with van der Waals surface area (Å²) in [6.07, 6.45) is 2.88. The maximum absolute atomic E-state index is 12.1. The molecule has 5 rings (SSSR count). The molecule has 3 aliphatic rings. The third kappa shape index (κ3) is 3.44. The molecule has 1 amide bonds. The van der Waals surface area contributed by atoms with Crippen LogP contribution in [0.5, 0.6) is 0 Å². The summed E-state index contributed by atoms with van der Waals surface area (Å²) >= 11 is 0. The molecule has 1 aliphatic carbocycles. The number of carbonyl (C=O) groups is 1. The number of fused-ring (bicyclic) bond motifs is 1. The molecule has 0 unspecified atom stereocenters. The van der Waals surface area contributed by atoms with Crippen LogP contribution >= 0.6 is 0 Å². The number of hydrogen-bond donors (Lipinski definition) is 0. The highest BCUT2D eigenvalue weighted by molar-refractivity contribution is 5.76. The molecule has 0 bridgehead atoms. The number of nitrogens with zero attached hydrogens (tertiary/aromatic N) is 7. The van der Waals surface area contributed by atoms with Crippen molar-refractivity contribution in [3.63, 3.8) is 0 Å². The first-order chi connectivity index (χ1) is 13.7. The van der Waals surface area contributed by atoms with Gasteiger partial charge in [-0.1, -0.05) is 0 Å². The summed E-state index contributed by atoms with van der Waals surface area (Å²) in [6, 6.07) is 4.53. The Morgan fingerprint density at radius 3 is 2.89 bits per heavy atom. The molecule has 9 nitrogen and oxygen atoms in total. The van der Waals surface area contributed by atoms with Gasteiger partial charge in [-0.15, -0.1) is 15.3 Å². The summed E-state index contributed by atoms with van der Waals surface area (Å²) in [5, 5.41) is 13.3. The molecular formula is C19H27N7O2. The fraction of sp³-hybridized carbons (Fsp3) is 0.684. The third-order valence-corrected chi connectivity index (χ3v) is 6.07. The Morgan fingerprint density at radius 2 is 2.07 bits per heavy atom. The lowest BCUT2D eigenvalue weighted by atomic mass is 10.1. The molecule has 2 aromatic heterocycles. The summed E-state index contributed by atoms with van der Waals surface area (Å²) in [5.41, 5.74) is 0.825. The topological polar surface area (TPSA) is 79.1 Å². The zero-order valence-electron chi connectivity index (χ0n) is 16.3. The van der Waals surface area contributed by atoms with Crippen LogP contribution in [0, 0.1) is 0 Å². The first kappa shape index (κ1) is 17.8. The van der Waals surface area contributed by atoms with Gasteiger partial charge in [0, 0.05) is 44.7 Å². The Hall–Kier alpha value is -2.26. The second-order valence-corrected chi connectivity index (χ2v) is 8.08. The third-order valence-electron chi connectivity index (χ3n) is 6.07. The van der Waals surface area contributed by atoms with Crippen molar-refractivity contribution in [2.75, 3.05) is 57.9 Å². The first-order valence-electron chi connectivity index (χ1n) is 10.2. The molecule has 0 atom stereocenters. The Bertz CT molecular complexity index is 859. The maximum Gasteiger partial charge on any atom is 0.225 e. The average molecular weight is 385 g/mol. The van der Waals surface area contributed by atoms with E-state index in [1.165, 1.54) is 12.8 Å². The van der Waals surface area contributed by atoms with Crippen molar-refractivity contribution in [2.45, 2.75) is 31.2 Å². The number of likely N-dealkylation sites (N-methyl/N-ethyl adjacent to an activating group) is 1. The molecule has 3 fully saturated rings.